The zero-order valence-electron chi connectivity index (χ0n) is 19.1. The molecule has 0 unspecified atom stereocenters. The van der Waals surface area contributed by atoms with E-state index in [1.54, 1.807) is 12.2 Å². The third-order valence-corrected chi connectivity index (χ3v) is 6.00. The van der Waals surface area contributed by atoms with Gasteiger partial charge in [-0.3, -0.25) is 5.41 Å². The van der Waals surface area contributed by atoms with Gasteiger partial charge in [-0.1, -0.05) is 12.1 Å². The lowest BCUT2D eigenvalue weighted by molar-refractivity contribution is 0.114. The molecule has 0 spiro atoms. The molecule has 1 saturated heterocycles. The summed E-state index contributed by atoms with van der Waals surface area (Å²) < 4.78 is 0. The molecule has 0 atom stereocenters. The molecular weight excluding hydrogens is 370 g/mol. The minimum absolute atomic E-state index is 0.0307. The van der Waals surface area contributed by atoms with Gasteiger partial charge in [-0.25, -0.2) is 0 Å². The molecule has 1 fully saturated rings. The maximum atomic E-state index is 8.56. The largest absolute Gasteiger partial charge is 0.399 e. The number of rotatable bonds is 4. The summed E-state index contributed by atoms with van der Waals surface area (Å²) in [6.45, 7) is 10.9. The Bertz CT molecular complexity index is 1000. The number of nitrogens with zero attached hydrogens (tertiary/aromatic N) is 1. The van der Waals surface area contributed by atoms with Gasteiger partial charge in [-0.15, -0.1) is 0 Å². The number of hydrogen-bond donors (Lipinski definition) is 4. The Morgan fingerprint density at radius 1 is 1.03 bits per heavy atom. The fourth-order valence-electron chi connectivity index (χ4n) is 4.83. The third kappa shape index (κ3) is 4.90. The van der Waals surface area contributed by atoms with Gasteiger partial charge >= 0.3 is 0 Å². The first kappa shape index (κ1) is 22.0. The average Bonchev–Trinajstić information content (AvgIpc) is 2.62. The van der Waals surface area contributed by atoms with Crippen molar-refractivity contribution in [2.24, 2.45) is 0 Å². The number of piperidine rings is 1. The summed E-state index contributed by atoms with van der Waals surface area (Å²) in [5.41, 5.74) is 9.02. The van der Waals surface area contributed by atoms with Crippen molar-refractivity contribution in [3.8, 4) is 0 Å². The molecule has 3 rings (SSSR count). The Morgan fingerprint density at radius 2 is 1.67 bits per heavy atom. The molecule has 0 saturated carbocycles. The van der Waals surface area contributed by atoms with Gasteiger partial charge in [0.1, 0.15) is 5.84 Å². The van der Waals surface area contributed by atoms with Crippen LogP contribution in [0.5, 0.6) is 0 Å². The van der Waals surface area contributed by atoms with Crippen LogP contribution in [-0.4, -0.2) is 40.6 Å². The predicted molar refractivity (Wildman–Crippen MR) is 129 cm³/mol. The lowest BCUT2D eigenvalue weighted by atomic mass is 9.79. The second-order valence-electron chi connectivity index (χ2n) is 9.97. The summed E-state index contributed by atoms with van der Waals surface area (Å²) in [6.07, 6.45) is 5.44. The van der Waals surface area contributed by atoms with E-state index in [2.05, 4.69) is 39.1 Å². The fourth-order valence-corrected chi connectivity index (χ4v) is 4.83. The topological polar surface area (TPSA) is 89.0 Å². The normalized spacial score (nSPS) is 18.6. The molecule has 30 heavy (non-hydrogen) atoms. The van der Waals surface area contributed by atoms with Crippen molar-refractivity contribution in [3.05, 3.63) is 53.6 Å². The summed E-state index contributed by atoms with van der Waals surface area (Å²) in [6, 6.07) is 10.2. The van der Waals surface area contributed by atoms with Crippen LogP contribution < -0.4 is 11.1 Å². The van der Waals surface area contributed by atoms with Crippen molar-refractivity contribution >= 4 is 28.0 Å². The zero-order chi connectivity index (χ0) is 22.3. The van der Waals surface area contributed by atoms with Crippen LogP contribution in [0, 0.1) is 17.7 Å². The van der Waals surface area contributed by atoms with E-state index in [9.17, 15) is 0 Å². The van der Waals surface area contributed by atoms with Gasteiger partial charge in [0, 0.05) is 35.4 Å². The smallest absolute Gasteiger partial charge is 0.120 e. The van der Waals surface area contributed by atoms with E-state index in [0.717, 1.165) is 40.4 Å². The van der Waals surface area contributed by atoms with Crippen LogP contribution in [0.3, 0.4) is 0 Å². The lowest BCUT2D eigenvalue weighted by Gasteiger charge is -2.49. The number of nitrogens with one attached hydrogen (secondary N) is 3. The van der Waals surface area contributed by atoms with Gasteiger partial charge in [-0.05, 0) is 94.1 Å². The number of benzene rings is 2. The van der Waals surface area contributed by atoms with Gasteiger partial charge < -0.3 is 21.4 Å². The highest BCUT2D eigenvalue weighted by molar-refractivity contribution is 6.12. The van der Waals surface area contributed by atoms with Crippen LogP contribution >= 0.6 is 0 Å². The van der Waals surface area contributed by atoms with Gasteiger partial charge in [0.05, 0.1) is 5.71 Å². The fraction of sp³-hybridized carbons (Fsp3) is 0.440. The predicted octanol–water partition coefficient (Wildman–Crippen LogP) is 4.87. The third-order valence-electron chi connectivity index (χ3n) is 6.00. The van der Waals surface area contributed by atoms with Crippen molar-refractivity contribution in [2.45, 2.75) is 64.6 Å². The van der Waals surface area contributed by atoms with Crippen molar-refractivity contribution < 1.29 is 0 Å². The highest BCUT2D eigenvalue weighted by atomic mass is 15.2. The summed E-state index contributed by atoms with van der Waals surface area (Å²) in [4.78, 5) is 2.05. The number of amidine groups is 1. The molecule has 5 heteroatoms. The lowest BCUT2D eigenvalue weighted by Crippen LogP contribution is -2.62. The Balaban J connectivity index is 1.76. The molecule has 2 aromatic carbocycles. The second kappa shape index (κ2) is 7.88. The Morgan fingerprint density at radius 3 is 2.30 bits per heavy atom. The van der Waals surface area contributed by atoms with E-state index in [-0.39, 0.29) is 17.1 Å². The van der Waals surface area contributed by atoms with Crippen LogP contribution in [0.2, 0.25) is 0 Å². The summed E-state index contributed by atoms with van der Waals surface area (Å²) in [7, 11) is 1.99. The molecule has 5 nitrogen and oxygen atoms in total. The summed E-state index contributed by atoms with van der Waals surface area (Å²) >= 11 is 0. The minimum Gasteiger partial charge on any atom is -0.399 e. The molecular formula is C25H35N5. The number of fused-ring (bicyclic) bond motifs is 1. The molecule has 1 aliphatic rings. The van der Waals surface area contributed by atoms with Gasteiger partial charge in [-0.2, -0.15) is 0 Å². The zero-order valence-corrected chi connectivity index (χ0v) is 19.1. The first-order valence-electron chi connectivity index (χ1n) is 10.5. The summed E-state index contributed by atoms with van der Waals surface area (Å²) in [5, 5.41) is 23.0. The molecule has 0 amide bonds. The number of nitrogen functional groups attached to an aromatic ring is 1. The number of nitrogens with two attached hydrogens (primary N) is 1. The molecule has 0 aliphatic carbocycles. The Labute approximate surface area is 180 Å². The molecule has 5 N–H and O–H groups in total. The van der Waals surface area contributed by atoms with E-state index < -0.39 is 0 Å². The number of allylic oxidation sites excluding steroid dienone is 1. The molecule has 0 bridgehead atoms. The number of aryl methyl sites for hydroxylation is 1. The van der Waals surface area contributed by atoms with E-state index >= 15 is 0 Å². The quantitative estimate of drug-likeness (QED) is 0.332. The minimum atomic E-state index is 0.0307. The highest BCUT2D eigenvalue weighted by Crippen LogP contribution is 2.31. The molecule has 0 radical (unpaired) electrons. The van der Waals surface area contributed by atoms with Crippen LogP contribution in [0.15, 0.2) is 42.5 Å². The highest BCUT2D eigenvalue weighted by Gasteiger charge is 2.39. The maximum absolute atomic E-state index is 8.56. The van der Waals surface area contributed by atoms with E-state index in [1.807, 2.05) is 43.1 Å². The van der Waals surface area contributed by atoms with Crippen LogP contribution in [-0.2, 0) is 0 Å². The van der Waals surface area contributed by atoms with Crippen LogP contribution in [0.25, 0.3) is 10.8 Å². The molecule has 160 valence electrons. The standard InChI is InChI=1S/C25H35N5/c1-16-11-18-12-19(26)8-7-17(18)13-21(16)22(27)9-10-23(28)30(6)20-14-24(2,3)29-25(4,5)15-20/h7-13,20,27-29H,14-15,26H2,1-6H3/b10-9-,27-22?,28-23?. The van der Waals surface area contributed by atoms with Gasteiger partial charge in [0.25, 0.3) is 0 Å². The van der Waals surface area contributed by atoms with Crippen molar-refractivity contribution in [1.82, 2.24) is 10.2 Å². The maximum Gasteiger partial charge on any atom is 0.120 e. The van der Waals surface area contributed by atoms with E-state index in [0.29, 0.717) is 11.5 Å². The first-order chi connectivity index (χ1) is 13.9. The van der Waals surface area contributed by atoms with Crippen molar-refractivity contribution in [3.63, 3.8) is 0 Å². The number of likely N-dealkylation sites (N-methyl/N-ethyl adjacent to an activating group) is 1. The van der Waals surface area contributed by atoms with Crippen LogP contribution in [0.1, 0.15) is 51.7 Å². The number of hydrogen-bond acceptors (Lipinski definition) is 4. The molecule has 0 aromatic heterocycles. The Kier molecular flexibility index (Phi) is 5.79. The molecule has 1 heterocycles. The van der Waals surface area contributed by atoms with Crippen molar-refractivity contribution in [2.75, 3.05) is 12.8 Å². The second-order valence-corrected chi connectivity index (χ2v) is 9.97. The van der Waals surface area contributed by atoms with Crippen molar-refractivity contribution in [1.29, 1.82) is 10.8 Å². The summed E-state index contributed by atoms with van der Waals surface area (Å²) in [5.74, 6) is 0.435. The van der Waals surface area contributed by atoms with E-state index in [4.69, 9.17) is 16.6 Å². The van der Waals surface area contributed by atoms with E-state index in [1.165, 1.54) is 0 Å². The molecule has 1 aliphatic heterocycles. The Hall–Kier alpha value is -2.66. The SMILES string of the molecule is Cc1cc2cc(N)ccc2cc1C(=N)/C=C\C(=N)N(C)C1CC(C)(C)NC(C)(C)C1. The number of anilines is 1. The average molecular weight is 406 g/mol. The monoisotopic (exact) mass is 405 g/mol. The van der Waals surface area contributed by atoms with Crippen LogP contribution in [0.4, 0.5) is 5.69 Å². The first-order valence-corrected chi connectivity index (χ1v) is 10.5. The van der Waals surface area contributed by atoms with Gasteiger partial charge in [0.2, 0.25) is 0 Å². The van der Waals surface area contributed by atoms with Gasteiger partial charge in [0.15, 0.2) is 0 Å². The molecule has 2 aromatic rings.